The fourth-order valence-electron chi connectivity index (χ4n) is 2.34. The molecule has 16 heavy (non-hydrogen) atoms. The molecule has 4 heteroatoms. The number of hydrogen-bond donors (Lipinski definition) is 2. The van der Waals surface area contributed by atoms with Crippen LogP contribution in [0.1, 0.15) is 26.2 Å². The summed E-state index contributed by atoms with van der Waals surface area (Å²) in [5.74, 6) is 0.251. The monoisotopic (exact) mass is 228 g/mol. The molecule has 2 N–H and O–H groups in total. The van der Waals surface area contributed by atoms with Crippen LogP contribution in [0.5, 0.6) is 0 Å². The average molecular weight is 228 g/mol. The molecular weight excluding hydrogens is 204 g/mol. The molecule has 1 heterocycles. The molecule has 0 saturated carbocycles. The van der Waals surface area contributed by atoms with Gasteiger partial charge in [0.1, 0.15) is 0 Å². The zero-order chi connectivity index (χ0) is 12.0. The molecule has 0 bridgehead atoms. The van der Waals surface area contributed by atoms with Crippen molar-refractivity contribution in [1.82, 2.24) is 10.2 Å². The van der Waals surface area contributed by atoms with Gasteiger partial charge in [-0.2, -0.15) is 0 Å². The van der Waals surface area contributed by atoms with Gasteiger partial charge in [0.2, 0.25) is 0 Å². The van der Waals surface area contributed by atoms with E-state index in [1.807, 2.05) is 6.92 Å². The van der Waals surface area contributed by atoms with E-state index in [1.54, 1.807) is 0 Å². The summed E-state index contributed by atoms with van der Waals surface area (Å²) in [5.41, 5.74) is 0. The molecule has 2 unspecified atom stereocenters. The predicted octanol–water partition coefficient (Wildman–Crippen LogP) is 1.03. The summed E-state index contributed by atoms with van der Waals surface area (Å²) in [6, 6.07) is 0. The number of rotatable bonds is 6. The van der Waals surface area contributed by atoms with E-state index in [9.17, 15) is 4.79 Å². The van der Waals surface area contributed by atoms with Crippen LogP contribution in [0.4, 0.5) is 0 Å². The van der Waals surface area contributed by atoms with Crippen LogP contribution in [-0.2, 0) is 4.79 Å². The Morgan fingerprint density at radius 1 is 1.62 bits per heavy atom. The van der Waals surface area contributed by atoms with Crippen molar-refractivity contribution in [3.8, 4) is 0 Å². The highest BCUT2D eigenvalue weighted by Crippen LogP contribution is 2.14. The maximum absolute atomic E-state index is 10.5. The first kappa shape index (κ1) is 13.5. The second kappa shape index (κ2) is 6.86. The van der Waals surface area contributed by atoms with Gasteiger partial charge in [0.05, 0.1) is 0 Å². The fraction of sp³-hybridized carbons (Fsp3) is 0.917. The lowest BCUT2D eigenvalue weighted by Gasteiger charge is -2.30. The number of carboxylic acid groups (broad SMARTS) is 1. The van der Waals surface area contributed by atoms with Gasteiger partial charge in [0.15, 0.2) is 0 Å². The van der Waals surface area contributed by atoms with Crippen LogP contribution in [0, 0.1) is 11.8 Å². The van der Waals surface area contributed by atoms with E-state index >= 15 is 0 Å². The molecule has 0 spiro atoms. The van der Waals surface area contributed by atoms with Crippen LogP contribution in [0.15, 0.2) is 0 Å². The van der Waals surface area contributed by atoms with Crippen LogP contribution < -0.4 is 5.32 Å². The van der Waals surface area contributed by atoms with Gasteiger partial charge in [-0.1, -0.05) is 6.92 Å². The van der Waals surface area contributed by atoms with Crippen molar-refractivity contribution in [3.63, 3.8) is 0 Å². The number of hydrogen-bond acceptors (Lipinski definition) is 3. The quantitative estimate of drug-likeness (QED) is 0.713. The van der Waals surface area contributed by atoms with E-state index in [2.05, 4.69) is 17.3 Å². The molecule has 1 aliphatic heterocycles. The molecule has 1 aliphatic rings. The maximum Gasteiger partial charge on any atom is 0.303 e. The highest BCUT2D eigenvalue weighted by Gasteiger charge is 2.17. The van der Waals surface area contributed by atoms with E-state index < -0.39 is 5.97 Å². The Balaban J connectivity index is 2.08. The predicted molar refractivity (Wildman–Crippen MR) is 64.5 cm³/mol. The summed E-state index contributed by atoms with van der Waals surface area (Å²) >= 11 is 0. The van der Waals surface area contributed by atoms with Crippen LogP contribution in [-0.4, -0.2) is 49.2 Å². The zero-order valence-corrected chi connectivity index (χ0v) is 10.4. The van der Waals surface area contributed by atoms with Crippen LogP contribution in [0.25, 0.3) is 0 Å². The Kier molecular flexibility index (Phi) is 5.77. The highest BCUT2D eigenvalue weighted by molar-refractivity contribution is 5.66. The van der Waals surface area contributed by atoms with Gasteiger partial charge in [0, 0.05) is 13.0 Å². The van der Waals surface area contributed by atoms with Crippen molar-refractivity contribution in [1.29, 1.82) is 0 Å². The second-order valence-corrected chi connectivity index (χ2v) is 5.13. The summed E-state index contributed by atoms with van der Waals surface area (Å²) in [5, 5.41) is 12.0. The van der Waals surface area contributed by atoms with Crippen molar-refractivity contribution in [2.75, 3.05) is 33.2 Å². The summed E-state index contributed by atoms with van der Waals surface area (Å²) in [6.07, 6.45) is 2.84. The van der Waals surface area contributed by atoms with Crippen LogP contribution >= 0.6 is 0 Å². The summed E-state index contributed by atoms with van der Waals surface area (Å²) in [7, 11) is 2.17. The molecule has 1 saturated heterocycles. The largest absolute Gasteiger partial charge is 0.481 e. The summed E-state index contributed by atoms with van der Waals surface area (Å²) in [6.45, 7) is 6.20. The minimum Gasteiger partial charge on any atom is -0.481 e. The SMILES string of the molecule is CC(CNCC1CCCN(C)C1)CC(=O)O. The Morgan fingerprint density at radius 3 is 3.00 bits per heavy atom. The Morgan fingerprint density at radius 2 is 2.38 bits per heavy atom. The first-order valence-corrected chi connectivity index (χ1v) is 6.19. The van der Waals surface area contributed by atoms with E-state index in [4.69, 9.17) is 5.11 Å². The fourth-order valence-corrected chi connectivity index (χ4v) is 2.34. The number of nitrogens with zero attached hydrogens (tertiary/aromatic N) is 1. The zero-order valence-electron chi connectivity index (χ0n) is 10.4. The molecule has 94 valence electrons. The third kappa shape index (κ3) is 5.47. The van der Waals surface area contributed by atoms with E-state index in [0.717, 1.165) is 19.0 Å². The van der Waals surface area contributed by atoms with Gasteiger partial charge in [-0.25, -0.2) is 0 Å². The van der Waals surface area contributed by atoms with Gasteiger partial charge >= 0.3 is 5.97 Å². The lowest BCUT2D eigenvalue weighted by Crippen LogP contribution is -2.38. The molecule has 0 aromatic heterocycles. The number of carboxylic acids is 1. The first-order chi connectivity index (χ1) is 7.58. The standard InChI is InChI=1S/C12H24N2O2/c1-10(6-12(15)16)7-13-8-11-4-3-5-14(2)9-11/h10-11,13H,3-9H2,1-2H3,(H,15,16). The molecule has 0 aromatic rings. The smallest absolute Gasteiger partial charge is 0.303 e. The average Bonchev–Trinajstić information content (AvgIpc) is 2.16. The number of aliphatic carboxylic acids is 1. The molecule has 0 amide bonds. The third-order valence-corrected chi connectivity index (χ3v) is 3.17. The van der Waals surface area contributed by atoms with Crippen molar-refractivity contribution in [2.24, 2.45) is 11.8 Å². The molecule has 2 atom stereocenters. The molecular formula is C12H24N2O2. The minimum absolute atomic E-state index is 0.221. The normalized spacial score (nSPS) is 24.2. The molecule has 1 fully saturated rings. The van der Waals surface area contributed by atoms with Gasteiger partial charge in [-0.3, -0.25) is 4.79 Å². The Bertz CT molecular complexity index is 221. The van der Waals surface area contributed by atoms with Crippen LogP contribution in [0.3, 0.4) is 0 Å². The molecule has 0 radical (unpaired) electrons. The Hall–Kier alpha value is -0.610. The highest BCUT2D eigenvalue weighted by atomic mass is 16.4. The van der Waals surface area contributed by atoms with Gasteiger partial charge in [-0.05, 0) is 51.4 Å². The number of likely N-dealkylation sites (tertiary alicyclic amines) is 1. The topological polar surface area (TPSA) is 52.6 Å². The van der Waals surface area contributed by atoms with E-state index in [1.165, 1.54) is 25.9 Å². The number of nitrogens with one attached hydrogen (secondary N) is 1. The lowest BCUT2D eigenvalue weighted by molar-refractivity contribution is -0.137. The first-order valence-electron chi connectivity index (χ1n) is 6.19. The molecule has 0 aliphatic carbocycles. The lowest BCUT2D eigenvalue weighted by atomic mass is 9.98. The number of carbonyl (C=O) groups is 1. The van der Waals surface area contributed by atoms with Crippen molar-refractivity contribution >= 4 is 5.97 Å². The van der Waals surface area contributed by atoms with Crippen molar-refractivity contribution < 1.29 is 9.90 Å². The van der Waals surface area contributed by atoms with Crippen LogP contribution in [0.2, 0.25) is 0 Å². The summed E-state index contributed by atoms with van der Waals surface area (Å²) < 4.78 is 0. The van der Waals surface area contributed by atoms with Gasteiger partial charge < -0.3 is 15.3 Å². The van der Waals surface area contributed by atoms with Gasteiger partial charge in [-0.15, -0.1) is 0 Å². The minimum atomic E-state index is -0.702. The van der Waals surface area contributed by atoms with E-state index in [0.29, 0.717) is 0 Å². The Labute approximate surface area is 98.0 Å². The van der Waals surface area contributed by atoms with Gasteiger partial charge in [0.25, 0.3) is 0 Å². The molecule has 1 rings (SSSR count). The third-order valence-electron chi connectivity index (χ3n) is 3.17. The maximum atomic E-state index is 10.5. The molecule has 4 nitrogen and oxygen atoms in total. The second-order valence-electron chi connectivity index (χ2n) is 5.13. The van der Waals surface area contributed by atoms with E-state index in [-0.39, 0.29) is 12.3 Å². The number of piperidine rings is 1. The van der Waals surface area contributed by atoms with Crippen molar-refractivity contribution in [3.05, 3.63) is 0 Å². The summed E-state index contributed by atoms with van der Waals surface area (Å²) in [4.78, 5) is 12.9. The molecule has 0 aromatic carbocycles. The van der Waals surface area contributed by atoms with Crippen molar-refractivity contribution in [2.45, 2.75) is 26.2 Å².